The van der Waals surface area contributed by atoms with Crippen LogP contribution in [-0.4, -0.2) is 16.5 Å². The van der Waals surface area contributed by atoms with Crippen molar-refractivity contribution in [1.29, 1.82) is 0 Å². The molecule has 154 valence electrons. The number of halogens is 2. The summed E-state index contributed by atoms with van der Waals surface area (Å²) in [7, 11) is 0. The summed E-state index contributed by atoms with van der Waals surface area (Å²) in [6, 6.07) is 23.4. The Morgan fingerprint density at radius 3 is 2.58 bits per heavy atom. The second-order valence-corrected chi connectivity index (χ2v) is 8.59. The molecule has 0 bridgehead atoms. The summed E-state index contributed by atoms with van der Waals surface area (Å²) in [6.07, 6.45) is 3.61. The summed E-state index contributed by atoms with van der Waals surface area (Å²) in [5.74, 6) is 0.595. The Kier molecular flexibility index (Phi) is 5.51. The van der Waals surface area contributed by atoms with Crippen molar-refractivity contribution in [1.82, 2.24) is 9.97 Å². The van der Waals surface area contributed by atoms with Crippen LogP contribution >= 0.6 is 15.9 Å². The molecule has 1 unspecified atom stereocenters. The van der Waals surface area contributed by atoms with Gasteiger partial charge in [-0.2, -0.15) is 0 Å². The highest BCUT2D eigenvalue weighted by atomic mass is 79.9. The molecule has 3 aromatic carbocycles. The fraction of sp³-hybridized carbons (Fsp3) is 0.154. The van der Waals surface area contributed by atoms with Gasteiger partial charge in [-0.25, -0.2) is 14.4 Å². The first-order valence-electron chi connectivity index (χ1n) is 10.4. The maximum absolute atomic E-state index is 13.4. The molecule has 1 heterocycles. The van der Waals surface area contributed by atoms with E-state index in [1.165, 1.54) is 23.3 Å². The minimum Gasteiger partial charge on any atom is -0.354 e. The average Bonchev–Trinajstić information content (AvgIpc) is 2.80. The maximum atomic E-state index is 13.4. The maximum Gasteiger partial charge on any atom is 0.223 e. The minimum atomic E-state index is -0.213. The molecule has 0 saturated carbocycles. The Bertz CT molecular complexity index is 1220. The van der Waals surface area contributed by atoms with E-state index in [9.17, 15) is 4.39 Å². The molecule has 3 nitrogen and oxygen atoms in total. The second-order valence-electron chi connectivity index (χ2n) is 7.73. The van der Waals surface area contributed by atoms with Crippen LogP contribution in [0.15, 0.2) is 83.5 Å². The zero-order valence-electron chi connectivity index (χ0n) is 16.9. The van der Waals surface area contributed by atoms with Crippen molar-refractivity contribution in [3.05, 3.63) is 112 Å². The molecule has 0 saturated heterocycles. The van der Waals surface area contributed by atoms with Crippen molar-refractivity contribution in [2.24, 2.45) is 0 Å². The van der Waals surface area contributed by atoms with Gasteiger partial charge in [-0.3, -0.25) is 0 Å². The molecule has 1 aliphatic carbocycles. The molecule has 1 N–H and O–H groups in total. The first-order chi connectivity index (χ1) is 15.2. The van der Waals surface area contributed by atoms with Gasteiger partial charge < -0.3 is 5.32 Å². The quantitative estimate of drug-likeness (QED) is 0.364. The smallest absolute Gasteiger partial charge is 0.223 e. The van der Waals surface area contributed by atoms with Gasteiger partial charge in [0.15, 0.2) is 0 Å². The van der Waals surface area contributed by atoms with Crippen LogP contribution < -0.4 is 5.32 Å². The van der Waals surface area contributed by atoms with E-state index in [0.29, 0.717) is 5.95 Å². The highest BCUT2D eigenvalue weighted by Gasteiger charge is 2.27. The number of nitrogens with zero attached hydrogens (tertiary/aromatic N) is 2. The largest absolute Gasteiger partial charge is 0.354 e. The van der Waals surface area contributed by atoms with Crippen LogP contribution in [0.5, 0.6) is 0 Å². The first-order valence-corrected chi connectivity index (χ1v) is 11.2. The lowest BCUT2D eigenvalue weighted by Gasteiger charge is -2.27. The number of aromatic nitrogens is 2. The van der Waals surface area contributed by atoms with Crippen molar-refractivity contribution in [2.45, 2.75) is 18.8 Å². The van der Waals surface area contributed by atoms with Crippen molar-refractivity contribution >= 4 is 21.9 Å². The van der Waals surface area contributed by atoms with E-state index in [1.807, 2.05) is 36.5 Å². The Labute approximate surface area is 189 Å². The van der Waals surface area contributed by atoms with Gasteiger partial charge in [0.05, 0.1) is 5.69 Å². The molecule has 31 heavy (non-hydrogen) atoms. The van der Waals surface area contributed by atoms with Gasteiger partial charge in [-0.15, -0.1) is 0 Å². The van der Waals surface area contributed by atoms with Gasteiger partial charge in [0.25, 0.3) is 0 Å². The number of hydrogen-bond donors (Lipinski definition) is 1. The summed E-state index contributed by atoms with van der Waals surface area (Å²) in [5.41, 5.74) is 6.79. The van der Waals surface area contributed by atoms with E-state index in [0.717, 1.165) is 46.2 Å². The van der Waals surface area contributed by atoms with Gasteiger partial charge in [0.2, 0.25) is 5.95 Å². The van der Waals surface area contributed by atoms with Gasteiger partial charge >= 0.3 is 0 Å². The molecule has 5 rings (SSSR count). The van der Waals surface area contributed by atoms with Crippen LogP contribution in [0, 0.1) is 5.82 Å². The Hall–Kier alpha value is -3.05. The predicted octanol–water partition coefficient (Wildman–Crippen LogP) is 6.39. The van der Waals surface area contributed by atoms with Crippen molar-refractivity contribution in [3.8, 4) is 11.3 Å². The highest BCUT2D eigenvalue weighted by Crippen LogP contribution is 2.41. The molecule has 0 aliphatic heterocycles. The molecule has 1 atom stereocenters. The Morgan fingerprint density at radius 2 is 1.74 bits per heavy atom. The topological polar surface area (TPSA) is 37.8 Å². The summed E-state index contributed by atoms with van der Waals surface area (Å²) in [4.78, 5) is 9.42. The first kappa shape index (κ1) is 19.9. The van der Waals surface area contributed by atoms with Crippen molar-refractivity contribution < 1.29 is 4.39 Å². The van der Waals surface area contributed by atoms with Crippen molar-refractivity contribution in [3.63, 3.8) is 0 Å². The monoisotopic (exact) mass is 473 g/mol. The van der Waals surface area contributed by atoms with Gasteiger partial charge in [0.1, 0.15) is 5.82 Å². The van der Waals surface area contributed by atoms with Crippen LogP contribution in [0.3, 0.4) is 0 Å². The molecule has 0 amide bonds. The van der Waals surface area contributed by atoms with Crippen LogP contribution in [0.25, 0.3) is 11.3 Å². The molecule has 0 radical (unpaired) electrons. The molecule has 0 spiro atoms. The second kappa shape index (κ2) is 8.60. The van der Waals surface area contributed by atoms with E-state index in [-0.39, 0.29) is 11.7 Å². The number of anilines is 1. The van der Waals surface area contributed by atoms with E-state index >= 15 is 0 Å². The third-order valence-electron chi connectivity index (χ3n) is 5.79. The fourth-order valence-electron chi connectivity index (χ4n) is 4.22. The van der Waals surface area contributed by atoms with E-state index in [2.05, 4.69) is 56.6 Å². The molecule has 1 aliphatic rings. The zero-order chi connectivity index (χ0) is 21.2. The fourth-order valence-corrected chi connectivity index (χ4v) is 4.71. The van der Waals surface area contributed by atoms with Crippen LogP contribution in [0.1, 0.15) is 28.2 Å². The number of nitrogens with one attached hydrogen (secondary N) is 1. The predicted molar refractivity (Wildman–Crippen MR) is 126 cm³/mol. The number of rotatable bonds is 5. The normalized spacial score (nSPS) is 14.6. The molecule has 4 aromatic rings. The van der Waals surface area contributed by atoms with Crippen LogP contribution in [0.2, 0.25) is 0 Å². The van der Waals surface area contributed by atoms with E-state index < -0.39 is 0 Å². The molecule has 0 fully saturated rings. The third kappa shape index (κ3) is 4.10. The molecule has 5 heteroatoms. The summed E-state index contributed by atoms with van der Waals surface area (Å²) < 4.78 is 14.6. The third-order valence-corrected chi connectivity index (χ3v) is 6.56. The average molecular weight is 474 g/mol. The van der Waals surface area contributed by atoms with Crippen LogP contribution in [0.4, 0.5) is 10.3 Å². The lowest BCUT2D eigenvalue weighted by molar-refractivity contribution is 0.626. The summed E-state index contributed by atoms with van der Waals surface area (Å²) in [6.45, 7) is 0.751. The molecular formula is C26H21BrFN3. The summed E-state index contributed by atoms with van der Waals surface area (Å²) in [5, 5.41) is 3.37. The SMILES string of the molecule is Fc1ccc(C2Cc3cnc(NCCc4ccccc4Br)nc3-c3ccccc32)cc1. The number of fused-ring (bicyclic) bond motifs is 3. The Balaban J connectivity index is 1.40. The van der Waals surface area contributed by atoms with Crippen LogP contribution in [-0.2, 0) is 12.8 Å². The highest BCUT2D eigenvalue weighted by molar-refractivity contribution is 9.10. The van der Waals surface area contributed by atoms with Gasteiger partial charge in [0, 0.05) is 28.7 Å². The number of hydrogen-bond acceptors (Lipinski definition) is 3. The Morgan fingerprint density at radius 1 is 0.968 bits per heavy atom. The summed E-state index contributed by atoms with van der Waals surface area (Å²) >= 11 is 3.60. The van der Waals surface area contributed by atoms with Crippen molar-refractivity contribution in [2.75, 3.05) is 11.9 Å². The molecule has 1 aromatic heterocycles. The van der Waals surface area contributed by atoms with E-state index in [1.54, 1.807) is 0 Å². The van der Waals surface area contributed by atoms with E-state index in [4.69, 9.17) is 4.98 Å². The number of benzene rings is 3. The standard InChI is InChI=1S/C26H21BrFN3/c27-24-8-4-1-5-18(24)13-14-29-26-30-16-19-15-23(17-9-11-20(28)12-10-17)21-6-2-3-7-22(21)25(19)31-26/h1-12,16,23H,13-15H2,(H,29,30,31). The lowest BCUT2D eigenvalue weighted by Crippen LogP contribution is -2.16. The zero-order valence-corrected chi connectivity index (χ0v) is 18.4. The van der Waals surface area contributed by atoms with Gasteiger partial charge in [-0.05, 0) is 53.3 Å². The minimum absolute atomic E-state index is 0.169. The molecular weight excluding hydrogens is 453 g/mol. The van der Waals surface area contributed by atoms with Gasteiger partial charge in [-0.1, -0.05) is 70.5 Å². The lowest BCUT2D eigenvalue weighted by atomic mass is 9.78.